The summed E-state index contributed by atoms with van der Waals surface area (Å²) in [6.07, 6.45) is 3.66. The number of amides is 2. The van der Waals surface area contributed by atoms with E-state index in [2.05, 4.69) is 35.8 Å². The zero-order valence-electron chi connectivity index (χ0n) is 15.2. The molecule has 1 N–H and O–H groups in total. The lowest BCUT2D eigenvalue weighted by Gasteiger charge is -2.24. The highest BCUT2D eigenvalue weighted by Crippen LogP contribution is 2.25. The van der Waals surface area contributed by atoms with Crippen LogP contribution in [0.2, 0.25) is 0 Å². The summed E-state index contributed by atoms with van der Waals surface area (Å²) in [4.78, 5) is 27.9. The molecule has 5 heteroatoms. The summed E-state index contributed by atoms with van der Waals surface area (Å²) in [5, 5.41) is 2.83. The molecule has 2 aromatic rings. The minimum Gasteiger partial charge on any atom is -0.355 e. The van der Waals surface area contributed by atoms with Gasteiger partial charge in [-0.05, 0) is 61.4 Å². The van der Waals surface area contributed by atoms with Crippen molar-refractivity contribution < 1.29 is 9.59 Å². The van der Waals surface area contributed by atoms with Crippen LogP contribution in [0.4, 0.5) is 0 Å². The minimum absolute atomic E-state index is 0.0520. The standard InChI is InChI=1S/C21H24N2O2S/c1-3-22-20(24)19-5-4-14-23(19)21(25)17-8-6-15(7-9-17)16-10-12-18(26-2)13-11-16/h6-13,19H,3-5,14H2,1-2H3,(H,22,24)/t19-/m0/s1. The first-order chi connectivity index (χ1) is 12.6. The number of likely N-dealkylation sites (tertiary alicyclic amines) is 1. The van der Waals surface area contributed by atoms with Gasteiger partial charge in [-0.2, -0.15) is 0 Å². The van der Waals surface area contributed by atoms with Crippen molar-refractivity contribution in [3.63, 3.8) is 0 Å². The maximum atomic E-state index is 12.8. The topological polar surface area (TPSA) is 49.4 Å². The van der Waals surface area contributed by atoms with Crippen LogP contribution in [0.25, 0.3) is 11.1 Å². The Hall–Kier alpha value is -2.27. The van der Waals surface area contributed by atoms with Crippen LogP contribution in [0.3, 0.4) is 0 Å². The van der Waals surface area contributed by atoms with Crippen molar-refractivity contribution in [1.82, 2.24) is 10.2 Å². The van der Waals surface area contributed by atoms with E-state index in [1.165, 1.54) is 4.90 Å². The molecule has 0 radical (unpaired) electrons. The molecule has 0 bridgehead atoms. The maximum Gasteiger partial charge on any atom is 0.254 e. The number of benzene rings is 2. The van der Waals surface area contributed by atoms with Gasteiger partial charge in [0.05, 0.1) is 0 Å². The molecular weight excluding hydrogens is 344 g/mol. The van der Waals surface area contributed by atoms with Crippen molar-refractivity contribution in [2.75, 3.05) is 19.3 Å². The highest BCUT2D eigenvalue weighted by Gasteiger charge is 2.34. The van der Waals surface area contributed by atoms with E-state index in [1.807, 2.05) is 31.2 Å². The second kappa shape index (κ2) is 8.41. The first-order valence-corrected chi connectivity index (χ1v) is 10.2. The number of nitrogens with one attached hydrogen (secondary N) is 1. The summed E-state index contributed by atoms with van der Waals surface area (Å²) in [5.74, 6) is -0.119. The van der Waals surface area contributed by atoms with Crippen molar-refractivity contribution in [3.8, 4) is 11.1 Å². The average Bonchev–Trinajstić information content (AvgIpc) is 3.18. The first kappa shape index (κ1) is 18.5. The molecule has 26 heavy (non-hydrogen) atoms. The molecule has 3 rings (SSSR count). The van der Waals surface area contributed by atoms with Crippen LogP contribution in [-0.4, -0.2) is 42.1 Å². The van der Waals surface area contributed by atoms with Crippen LogP contribution in [0.1, 0.15) is 30.1 Å². The molecule has 0 spiro atoms. The summed E-state index contributed by atoms with van der Waals surface area (Å²) in [5.41, 5.74) is 2.84. The van der Waals surface area contributed by atoms with Crippen molar-refractivity contribution >= 4 is 23.6 Å². The normalized spacial score (nSPS) is 16.5. The van der Waals surface area contributed by atoms with E-state index in [0.717, 1.165) is 24.0 Å². The summed E-state index contributed by atoms with van der Waals surface area (Å²) in [6.45, 7) is 3.11. The van der Waals surface area contributed by atoms with E-state index in [1.54, 1.807) is 16.7 Å². The maximum absolute atomic E-state index is 12.8. The SMILES string of the molecule is CCNC(=O)[C@@H]1CCCN1C(=O)c1ccc(-c2ccc(SC)cc2)cc1. The molecule has 4 nitrogen and oxygen atoms in total. The van der Waals surface area contributed by atoms with Gasteiger partial charge in [-0.25, -0.2) is 0 Å². The molecular formula is C21H24N2O2S. The van der Waals surface area contributed by atoms with E-state index in [9.17, 15) is 9.59 Å². The number of hydrogen-bond acceptors (Lipinski definition) is 3. The number of likely N-dealkylation sites (N-methyl/N-ethyl adjacent to an activating group) is 1. The Labute approximate surface area is 159 Å². The molecule has 0 aliphatic carbocycles. The van der Waals surface area contributed by atoms with Gasteiger partial charge in [-0.1, -0.05) is 24.3 Å². The van der Waals surface area contributed by atoms with Gasteiger partial charge in [0.1, 0.15) is 6.04 Å². The Balaban J connectivity index is 1.75. The van der Waals surface area contributed by atoms with Gasteiger partial charge in [0, 0.05) is 23.5 Å². The van der Waals surface area contributed by atoms with Crippen molar-refractivity contribution in [1.29, 1.82) is 0 Å². The lowest BCUT2D eigenvalue weighted by Crippen LogP contribution is -2.45. The van der Waals surface area contributed by atoms with Crippen LogP contribution < -0.4 is 5.32 Å². The fourth-order valence-corrected chi connectivity index (χ4v) is 3.74. The lowest BCUT2D eigenvalue weighted by atomic mass is 10.0. The summed E-state index contributed by atoms with van der Waals surface area (Å²) in [6, 6.07) is 15.7. The van der Waals surface area contributed by atoms with E-state index in [-0.39, 0.29) is 17.9 Å². The molecule has 1 saturated heterocycles. The predicted octanol–water partition coefficient (Wildman–Crippen LogP) is 3.82. The van der Waals surface area contributed by atoms with Crippen molar-refractivity contribution in [3.05, 3.63) is 54.1 Å². The minimum atomic E-state index is -0.346. The van der Waals surface area contributed by atoms with Gasteiger partial charge in [0.25, 0.3) is 5.91 Å². The molecule has 136 valence electrons. The van der Waals surface area contributed by atoms with E-state index in [4.69, 9.17) is 0 Å². The molecule has 2 aromatic carbocycles. The monoisotopic (exact) mass is 368 g/mol. The molecule has 1 aliphatic rings. The quantitative estimate of drug-likeness (QED) is 0.817. The van der Waals surface area contributed by atoms with Crippen LogP contribution in [0, 0.1) is 0 Å². The number of carbonyl (C=O) groups excluding carboxylic acids is 2. The third-order valence-electron chi connectivity index (χ3n) is 4.72. The van der Waals surface area contributed by atoms with Gasteiger partial charge < -0.3 is 10.2 Å². The summed E-state index contributed by atoms with van der Waals surface area (Å²) >= 11 is 1.72. The molecule has 0 aromatic heterocycles. The second-order valence-electron chi connectivity index (χ2n) is 6.36. The van der Waals surface area contributed by atoms with Crippen LogP contribution in [0.5, 0.6) is 0 Å². The van der Waals surface area contributed by atoms with Gasteiger partial charge >= 0.3 is 0 Å². The Morgan fingerprint density at radius 2 is 1.69 bits per heavy atom. The molecule has 1 heterocycles. The Bertz CT molecular complexity index is 772. The molecule has 1 fully saturated rings. The van der Waals surface area contributed by atoms with Crippen LogP contribution in [-0.2, 0) is 4.79 Å². The number of hydrogen-bond donors (Lipinski definition) is 1. The fraction of sp³-hybridized carbons (Fsp3) is 0.333. The highest BCUT2D eigenvalue weighted by molar-refractivity contribution is 7.98. The Kier molecular flexibility index (Phi) is 5.99. The number of thioether (sulfide) groups is 1. The van der Waals surface area contributed by atoms with Crippen LogP contribution in [0.15, 0.2) is 53.4 Å². The smallest absolute Gasteiger partial charge is 0.254 e. The zero-order chi connectivity index (χ0) is 18.5. The highest BCUT2D eigenvalue weighted by atomic mass is 32.2. The lowest BCUT2D eigenvalue weighted by molar-refractivity contribution is -0.124. The number of carbonyl (C=O) groups is 2. The third kappa shape index (κ3) is 3.93. The Morgan fingerprint density at radius 3 is 2.27 bits per heavy atom. The van der Waals surface area contributed by atoms with Gasteiger partial charge in [0.15, 0.2) is 0 Å². The largest absolute Gasteiger partial charge is 0.355 e. The summed E-state index contributed by atoms with van der Waals surface area (Å²) in [7, 11) is 0. The zero-order valence-corrected chi connectivity index (χ0v) is 16.0. The van der Waals surface area contributed by atoms with Gasteiger partial charge in [-0.15, -0.1) is 11.8 Å². The second-order valence-corrected chi connectivity index (χ2v) is 7.24. The van der Waals surface area contributed by atoms with Crippen LogP contribution >= 0.6 is 11.8 Å². The first-order valence-electron chi connectivity index (χ1n) is 8.97. The van der Waals surface area contributed by atoms with Crippen molar-refractivity contribution in [2.24, 2.45) is 0 Å². The third-order valence-corrected chi connectivity index (χ3v) is 5.47. The predicted molar refractivity (Wildman–Crippen MR) is 106 cm³/mol. The number of rotatable bonds is 5. The van der Waals surface area contributed by atoms with E-state index >= 15 is 0 Å². The number of nitrogens with zero attached hydrogens (tertiary/aromatic N) is 1. The molecule has 0 saturated carbocycles. The van der Waals surface area contributed by atoms with E-state index in [0.29, 0.717) is 18.7 Å². The van der Waals surface area contributed by atoms with Gasteiger partial charge in [-0.3, -0.25) is 9.59 Å². The molecule has 1 aliphatic heterocycles. The molecule has 0 unspecified atom stereocenters. The van der Waals surface area contributed by atoms with E-state index < -0.39 is 0 Å². The van der Waals surface area contributed by atoms with Gasteiger partial charge in [0.2, 0.25) is 5.91 Å². The van der Waals surface area contributed by atoms with Crippen molar-refractivity contribution in [2.45, 2.75) is 30.7 Å². The fourth-order valence-electron chi connectivity index (χ4n) is 3.33. The molecule has 1 atom stereocenters. The summed E-state index contributed by atoms with van der Waals surface area (Å²) < 4.78 is 0. The average molecular weight is 369 g/mol. The molecule has 2 amide bonds. The Morgan fingerprint density at radius 1 is 1.08 bits per heavy atom.